The van der Waals surface area contributed by atoms with Crippen LogP contribution in [0.5, 0.6) is 11.5 Å². The first kappa shape index (κ1) is 24.9. The molecule has 0 heterocycles. The second kappa shape index (κ2) is 10.0. The summed E-state index contributed by atoms with van der Waals surface area (Å²) in [5, 5.41) is 0. The number of esters is 2. The molecule has 0 aliphatic rings. The van der Waals surface area contributed by atoms with Gasteiger partial charge in [-0.25, -0.2) is 9.59 Å². The largest absolute Gasteiger partial charge is 0.419 e. The van der Waals surface area contributed by atoms with Gasteiger partial charge in [-0.1, -0.05) is 56.7 Å². The molecule has 0 amide bonds. The number of carbonyl (C=O) groups is 3. The van der Waals surface area contributed by atoms with E-state index in [1.54, 1.807) is 49.4 Å². The number of hydrogen-bond acceptors (Lipinski definition) is 6. The Kier molecular flexibility index (Phi) is 7.32. The van der Waals surface area contributed by atoms with Gasteiger partial charge in [0.25, 0.3) is 0 Å². The van der Waals surface area contributed by atoms with Crippen molar-refractivity contribution in [3.63, 3.8) is 0 Å². The summed E-state index contributed by atoms with van der Waals surface area (Å²) >= 11 is 0. The first-order valence-electron chi connectivity index (χ1n) is 11.0. The summed E-state index contributed by atoms with van der Waals surface area (Å²) in [6, 6.07) is 17.4. The summed E-state index contributed by atoms with van der Waals surface area (Å²) in [4.78, 5) is 38.5. The minimum absolute atomic E-state index is 0.0217. The summed E-state index contributed by atoms with van der Waals surface area (Å²) < 4.78 is 11.2. The Morgan fingerprint density at radius 3 is 1.97 bits per heavy atom. The van der Waals surface area contributed by atoms with Gasteiger partial charge in [-0.2, -0.15) is 0 Å². The summed E-state index contributed by atoms with van der Waals surface area (Å²) in [5.41, 5.74) is 8.38. The minimum atomic E-state index is -0.770. The average Bonchev–Trinajstić information content (AvgIpc) is 2.79. The monoisotopic (exact) mass is 459 g/mol. The van der Waals surface area contributed by atoms with Crippen LogP contribution < -0.4 is 15.2 Å². The third kappa shape index (κ3) is 5.77. The van der Waals surface area contributed by atoms with Crippen LogP contribution in [0.1, 0.15) is 63.0 Å². The summed E-state index contributed by atoms with van der Waals surface area (Å²) in [6.45, 7) is 9.30. The molecule has 0 radical (unpaired) electrons. The third-order valence-corrected chi connectivity index (χ3v) is 5.50. The van der Waals surface area contributed by atoms with E-state index in [0.29, 0.717) is 11.1 Å². The molecule has 0 saturated carbocycles. The zero-order chi connectivity index (χ0) is 25.0. The highest BCUT2D eigenvalue weighted by Gasteiger charge is 2.29. The van der Waals surface area contributed by atoms with E-state index >= 15 is 0 Å². The molecule has 3 aromatic carbocycles. The molecule has 1 unspecified atom stereocenters. The van der Waals surface area contributed by atoms with Crippen molar-refractivity contribution >= 4 is 17.7 Å². The summed E-state index contributed by atoms with van der Waals surface area (Å²) in [6.07, 6.45) is 0. The van der Waals surface area contributed by atoms with Crippen LogP contribution >= 0.6 is 0 Å². The molecule has 6 nitrogen and oxygen atoms in total. The van der Waals surface area contributed by atoms with Crippen molar-refractivity contribution in [1.29, 1.82) is 0 Å². The molecule has 3 rings (SSSR count). The smallest absolute Gasteiger partial charge is 0.343 e. The Morgan fingerprint density at radius 2 is 1.35 bits per heavy atom. The van der Waals surface area contributed by atoms with E-state index in [9.17, 15) is 14.4 Å². The predicted octanol–water partition coefficient (Wildman–Crippen LogP) is 5.30. The number of hydrogen-bond donors (Lipinski definition) is 1. The van der Waals surface area contributed by atoms with Gasteiger partial charge in [-0.3, -0.25) is 4.79 Å². The number of rotatable bonds is 6. The molecule has 0 bridgehead atoms. The Labute approximate surface area is 199 Å². The van der Waals surface area contributed by atoms with Gasteiger partial charge >= 0.3 is 11.9 Å². The molecule has 2 N–H and O–H groups in total. The van der Waals surface area contributed by atoms with Crippen molar-refractivity contribution in [1.82, 2.24) is 0 Å². The van der Waals surface area contributed by atoms with Gasteiger partial charge in [-0.05, 0) is 61.2 Å². The van der Waals surface area contributed by atoms with Crippen LogP contribution in [-0.2, 0) is 0 Å². The zero-order valence-electron chi connectivity index (χ0n) is 20.0. The average molecular weight is 460 g/mol. The van der Waals surface area contributed by atoms with E-state index in [1.165, 1.54) is 18.2 Å². The van der Waals surface area contributed by atoms with Gasteiger partial charge in [0.2, 0.25) is 0 Å². The lowest BCUT2D eigenvalue weighted by atomic mass is 9.83. The molecule has 34 heavy (non-hydrogen) atoms. The molecule has 0 fully saturated rings. The van der Waals surface area contributed by atoms with Gasteiger partial charge in [0.05, 0.1) is 17.2 Å². The fraction of sp³-hybridized carbons (Fsp3) is 0.250. The van der Waals surface area contributed by atoms with Gasteiger partial charge in [0.15, 0.2) is 17.3 Å². The highest BCUT2D eigenvalue weighted by molar-refractivity contribution is 6.01. The number of nitrogens with two attached hydrogens (primary N) is 1. The summed E-state index contributed by atoms with van der Waals surface area (Å²) in [7, 11) is 0. The first-order chi connectivity index (χ1) is 16.0. The second-order valence-electron chi connectivity index (χ2n) is 9.33. The summed E-state index contributed by atoms with van der Waals surface area (Å²) in [5.74, 6) is -1.57. The van der Waals surface area contributed by atoms with Crippen molar-refractivity contribution < 1.29 is 23.9 Å². The zero-order valence-corrected chi connectivity index (χ0v) is 20.0. The molecule has 6 heteroatoms. The Morgan fingerprint density at radius 1 is 0.765 bits per heavy atom. The lowest BCUT2D eigenvalue weighted by molar-refractivity contribution is 0.0681. The number of Topliss-reactive ketones (excluding diaryl/α,β-unsaturated/α-hetero) is 1. The Bertz CT molecular complexity index is 1220. The van der Waals surface area contributed by atoms with E-state index in [0.717, 1.165) is 11.1 Å². The van der Waals surface area contributed by atoms with Crippen LogP contribution in [0.25, 0.3) is 0 Å². The molecule has 0 aliphatic carbocycles. The third-order valence-electron chi connectivity index (χ3n) is 5.50. The SMILES string of the molecule is Cc1ccc(C(=O)Oc2ccc(C(=O)C(N)C(C)(C)C)cc2OC(=O)c2ccccc2C)cc1. The van der Waals surface area contributed by atoms with Crippen molar-refractivity contribution in [3.8, 4) is 11.5 Å². The molecule has 176 valence electrons. The van der Waals surface area contributed by atoms with Crippen molar-refractivity contribution in [2.24, 2.45) is 11.1 Å². The van der Waals surface area contributed by atoms with Gasteiger partial charge in [-0.15, -0.1) is 0 Å². The fourth-order valence-corrected chi connectivity index (χ4v) is 3.20. The number of aryl methyl sites for hydroxylation is 2. The molecular formula is C28H29NO5. The van der Waals surface area contributed by atoms with Crippen molar-refractivity contribution in [2.45, 2.75) is 40.7 Å². The highest BCUT2D eigenvalue weighted by Crippen LogP contribution is 2.32. The lowest BCUT2D eigenvalue weighted by Crippen LogP contribution is -2.42. The molecule has 1 atom stereocenters. The van der Waals surface area contributed by atoms with E-state index in [4.69, 9.17) is 15.2 Å². The first-order valence-corrected chi connectivity index (χ1v) is 11.0. The van der Waals surface area contributed by atoms with Crippen LogP contribution in [0.4, 0.5) is 0 Å². The molecule has 0 aromatic heterocycles. The number of ketones is 1. The highest BCUT2D eigenvalue weighted by atomic mass is 16.6. The Hall–Kier alpha value is -3.77. The number of benzene rings is 3. The van der Waals surface area contributed by atoms with Gasteiger partial charge < -0.3 is 15.2 Å². The van der Waals surface area contributed by atoms with Crippen LogP contribution in [0, 0.1) is 19.3 Å². The lowest BCUT2D eigenvalue weighted by Gasteiger charge is -2.25. The normalized spacial score (nSPS) is 12.1. The van der Waals surface area contributed by atoms with Crippen LogP contribution in [0.3, 0.4) is 0 Å². The fourth-order valence-electron chi connectivity index (χ4n) is 3.20. The number of carbonyl (C=O) groups excluding carboxylic acids is 3. The van der Waals surface area contributed by atoms with Gasteiger partial charge in [0.1, 0.15) is 0 Å². The topological polar surface area (TPSA) is 95.7 Å². The van der Waals surface area contributed by atoms with Crippen LogP contribution in [-0.4, -0.2) is 23.8 Å². The predicted molar refractivity (Wildman–Crippen MR) is 130 cm³/mol. The van der Waals surface area contributed by atoms with E-state index < -0.39 is 23.4 Å². The molecule has 3 aromatic rings. The Balaban J connectivity index is 1.97. The minimum Gasteiger partial charge on any atom is -0.419 e. The molecule has 0 spiro atoms. The molecular weight excluding hydrogens is 430 g/mol. The molecule has 0 saturated heterocycles. The van der Waals surface area contributed by atoms with Crippen LogP contribution in [0.2, 0.25) is 0 Å². The maximum atomic E-state index is 13.0. The maximum Gasteiger partial charge on any atom is 0.343 e. The molecule has 0 aliphatic heterocycles. The van der Waals surface area contributed by atoms with Crippen LogP contribution in [0.15, 0.2) is 66.7 Å². The van der Waals surface area contributed by atoms with Crippen molar-refractivity contribution in [2.75, 3.05) is 0 Å². The second-order valence-corrected chi connectivity index (χ2v) is 9.33. The van der Waals surface area contributed by atoms with Crippen molar-refractivity contribution in [3.05, 3.63) is 94.5 Å². The van der Waals surface area contributed by atoms with Gasteiger partial charge in [0, 0.05) is 5.56 Å². The maximum absolute atomic E-state index is 13.0. The van der Waals surface area contributed by atoms with E-state index in [-0.39, 0.29) is 22.8 Å². The quantitative estimate of drug-likeness (QED) is 0.305. The standard InChI is InChI=1S/C28H29NO5/c1-17-10-12-19(13-11-17)26(31)33-22-15-14-20(24(30)25(29)28(3,4)5)16-23(22)34-27(32)21-9-7-6-8-18(21)2/h6-16,25H,29H2,1-5H3. The van der Waals surface area contributed by atoms with E-state index in [1.807, 2.05) is 33.8 Å². The van der Waals surface area contributed by atoms with E-state index in [2.05, 4.69) is 0 Å². The number of ether oxygens (including phenoxy) is 2.